The van der Waals surface area contributed by atoms with Gasteiger partial charge >= 0.3 is 6.03 Å². The molecule has 0 saturated carbocycles. The highest BCUT2D eigenvalue weighted by molar-refractivity contribution is 6.07. The summed E-state index contributed by atoms with van der Waals surface area (Å²) in [6, 6.07) is 15.3. The number of urea groups is 1. The Labute approximate surface area is 180 Å². The second kappa shape index (κ2) is 7.63. The van der Waals surface area contributed by atoms with E-state index < -0.39 is 5.54 Å². The number of rotatable bonds is 4. The average Bonchev–Trinajstić information content (AvgIpc) is 3.03. The van der Waals surface area contributed by atoms with E-state index in [1.54, 1.807) is 25.4 Å². The molecule has 31 heavy (non-hydrogen) atoms. The summed E-state index contributed by atoms with van der Waals surface area (Å²) in [5.74, 6) is 0.489. The number of hydrogen-bond donors (Lipinski definition) is 1. The van der Waals surface area contributed by atoms with Crippen LogP contribution in [0.1, 0.15) is 12.5 Å². The van der Waals surface area contributed by atoms with Crippen LogP contribution in [0, 0.1) is 0 Å². The van der Waals surface area contributed by atoms with Crippen LogP contribution in [0.25, 0.3) is 10.8 Å². The maximum absolute atomic E-state index is 13.3. The molecule has 3 amide bonds. The van der Waals surface area contributed by atoms with Crippen LogP contribution in [-0.2, 0) is 10.3 Å². The molecule has 1 atom stereocenters. The van der Waals surface area contributed by atoms with Crippen LogP contribution in [0.2, 0.25) is 0 Å². The molecule has 8 nitrogen and oxygen atoms in total. The molecule has 2 aliphatic heterocycles. The minimum Gasteiger partial charge on any atom is -0.338 e. The van der Waals surface area contributed by atoms with Gasteiger partial charge in [-0.25, -0.2) is 19.7 Å². The lowest BCUT2D eigenvalue weighted by atomic mass is 9.90. The number of hydrogen-bond acceptors (Lipinski definition) is 6. The molecule has 1 N–H and O–H groups in total. The standard InChI is InChI=1S/C23H24N6O2/c1-23(19-8-7-17-5-2-3-6-18(17)15-19)20(30)29(22(31)26-23)16-27-11-13-28(14-12-27)21-24-9-4-10-25-21/h2-10,15H,11-14,16H2,1H3,(H,26,31). The predicted molar refractivity (Wildman–Crippen MR) is 117 cm³/mol. The number of carbonyl (C=O) groups is 2. The second-order valence-electron chi connectivity index (χ2n) is 8.15. The van der Waals surface area contributed by atoms with Gasteiger partial charge < -0.3 is 10.2 Å². The molecule has 0 aliphatic carbocycles. The number of nitrogens with zero attached hydrogens (tertiary/aromatic N) is 5. The minimum atomic E-state index is -1.07. The molecule has 1 aromatic heterocycles. The van der Waals surface area contributed by atoms with Crippen molar-refractivity contribution in [2.45, 2.75) is 12.5 Å². The number of anilines is 1. The van der Waals surface area contributed by atoms with Gasteiger partial charge in [0, 0.05) is 38.6 Å². The second-order valence-corrected chi connectivity index (χ2v) is 8.15. The number of aromatic nitrogens is 2. The summed E-state index contributed by atoms with van der Waals surface area (Å²) < 4.78 is 0. The highest BCUT2D eigenvalue weighted by Gasteiger charge is 2.49. The van der Waals surface area contributed by atoms with Crippen LogP contribution in [0.4, 0.5) is 10.7 Å². The number of amides is 3. The number of piperazine rings is 1. The number of nitrogens with one attached hydrogen (secondary N) is 1. The van der Waals surface area contributed by atoms with Gasteiger partial charge in [-0.15, -0.1) is 0 Å². The van der Waals surface area contributed by atoms with Crippen molar-refractivity contribution < 1.29 is 9.59 Å². The Morgan fingerprint density at radius 3 is 2.39 bits per heavy atom. The van der Waals surface area contributed by atoms with Crippen molar-refractivity contribution in [1.29, 1.82) is 0 Å². The summed E-state index contributed by atoms with van der Waals surface area (Å²) >= 11 is 0. The van der Waals surface area contributed by atoms with Crippen LogP contribution >= 0.6 is 0 Å². The molecule has 2 aromatic carbocycles. The Morgan fingerprint density at radius 2 is 1.65 bits per heavy atom. The lowest BCUT2D eigenvalue weighted by Gasteiger charge is -2.36. The van der Waals surface area contributed by atoms with E-state index in [-0.39, 0.29) is 18.6 Å². The van der Waals surface area contributed by atoms with E-state index in [4.69, 9.17) is 0 Å². The van der Waals surface area contributed by atoms with E-state index in [2.05, 4.69) is 25.1 Å². The van der Waals surface area contributed by atoms with Gasteiger partial charge in [-0.2, -0.15) is 0 Å². The van der Waals surface area contributed by atoms with Crippen LogP contribution in [0.3, 0.4) is 0 Å². The van der Waals surface area contributed by atoms with E-state index in [1.165, 1.54) is 4.90 Å². The van der Waals surface area contributed by atoms with Gasteiger partial charge in [0.25, 0.3) is 5.91 Å². The Kier molecular flexibility index (Phi) is 4.78. The minimum absolute atomic E-state index is 0.221. The molecule has 2 fully saturated rings. The van der Waals surface area contributed by atoms with Gasteiger partial charge in [-0.1, -0.05) is 36.4 Å². The molecule has 8 heteroatoms. The van der Waals surface area contributed by atoms with Gasteiger partial charge in [0.2, 0.25) is 5.95 Å². The summed E-state index contributed by atoms with van der Waals surface area (Å²) in [6.07, 6.45) is 3.46. The highest BCUT2D eigenvalue weighted by Crippen LogP contribution is 2.31. The summed E-state index contributed by atoms with van der Waals surface area (Å²) in [6.45, 7) is 4.99. The monoisotopic (exact) mass is 416 g/mol. The van der Waals surface area contributed by atoms with Crippen LogP contribution in [0.5, 0.6) is 0 Å². The first-order valence-corrected chi connectivity index (χ1v) is 10.4. The summed E-state index contributed by atoms with van der Waals surface area (Å²) in [5.41, 5.74) is -0.279. The molecular formula is C23H24N6O2. The molecular weight excluding hydrogens is 392 g/mol. The van der Waals surface area contributed by atoms with Gasteiger partial charge in [0.05, 0.1) is 6.67 Å². The lowest BCUT2D eigenvalue weighted by molar-refractivity contribution is -0.132. The van der Waals surface area contributed by atoms with Gasteiger partial charge in [0.1, 0.15) is 5.54 Å². The maximum Gasteiger partial charge on any atom is 0.326 e. The molecule has 0 radical (unpaired) electrons. The first-order chi connectivity index (χ1) is 15.0. The van der Waals surface area contributed by atoms with E-state index in [0.29, 0.717) is 5.95 Å². The van der Waals surface area contributed by atoms with Crippen LogP contribution in [-0.4, -0.2) is 64.6 Å². The first-order valence-electron chi connectivity index (χ1n) is 10.4. The Hall–Kier alpha value is -3.52. The van der Waals surface area contributed by atoms with E-state index in [1.807, 2.05) is 42.5 Å². The van der Waals surface area contributed by atoms with Crippen molar-refractivity contribution in [1.82, 2.24) is 25.1 Å². The summed E-state index contributed by atoms with van der Waals surface area (Å²) in [7, 11) is 0. The van der Waals surface area contributed by atoms with E-state index in [0.717, 1.165) is 42.5 Å². The number of benzene rings is 2. The zero-order valence-corrected chi connectivity index (χ0v) is 17.4. The molecule has 158 valence electrons. The number of imide groups is 1. The zero-order chi connectivity index (χ0) is 21.4. The molecule has 0 bridgehead atoms. The maximum atomic E-state index is 13.3. The quantitative estimate of drug-likeness (QED) is 0.657. The van der Waals surface area contributed by atoms with Crippen molar-refractivity contribution >= 4 is 28.7 Å². The third-order valence-electron chi connectivity index (χ3n) is 6.15. The van der Waals surface area contributed by atoms with E-state index >= 15 is 0 Å². The fraction of sp³-hybridized carbons (Fsp3) is 0.304. The van der Waals surface area contributed by atoms with Crippen molar-refractivity contribution in [2.75, 3.05) is 37.7 Å². The Morgan fingerprint density at radius 1 is 0.935 bits per heavy atom. The molecule has 1 unspecified atom stereocenters. The Balaban J connectivity index is 1.29. The predicted octanol–water partition coefficient (Wildman–Crippen LogP) is 2.18. The highest BCUT2D eigenvalue weighted by atomic mass is 16.2. The molecule has 0 spiro atoms. The van der Waals surface area contributed by atoms with Gasteiger partial charge in [0.15, 0.2) is 0 Å². The molecule has 3 heterocycles. The summed E-state index contributed by atoms with van der Waals surface area (Å²) in [4.78, 5) is 40.2. The fourth-order valence-electron chi connectivity index (χ4n) is 4.27. The van der Waals surface area contributed by atoms with Gasteiger partial charge in [-0.3, -0.25) is 9.69 Å². The van der Waals surface area contributed by atoms with Crippen molar-refractivity contribution in [3.63, 3.8) is 0 Å². The third kappa shape index (κ3) is 3.48. The topological polar surface area (TPSA) is 81.7 Å². The first kappa shape index (κ1) is 19.4. The number of fused-ring (bicyclic) bond motifs is 1. The molecule has 2 aliphatic rings. The molecule has 3 aromatic rings. The normalized spacial score (nSPS) is 22.2. The largest absolute Gasteiger partial charge is 0.338 e. The fourth-order valence-corrected chi connectivity index (χ4v) is 4.27. The van der Waals surface area contributed by atoms with Gasteiger partial charge in [-0.05, 0) is 35.4 Å². The summed E-state index contributed by atoms with van der Waals surface area (Å²) in [5, 5.41) is 5.06. The number of carbonyl (C=O) groups excluding carboxylic acids is 2. The average molecular weight is 416 g/mol. The SMILES string of the molecule is CC1(c2ccc3ccccc3c2)NC(=O)N(CN2CCN(c3ncccn3)CC2)C1=O. The molecule has 5 rings (SSSR count). The van der Waals surface area contributed by atoms with Crippen LogP contribution < -0.4 is 10.2 Å². The zero-order valence-electron chi connectivity index (χ0n) is 17.4. The lowest BCUT2D eigenvalue weighted by Crippen LogP contribution is -2.52. The smallest absolute Gasteiger partial charge is 0.326 e. The Bertz CT molecular complexity index is 1130. The van der Waals surface area contributed by atoms with Crippen molar-refractivity contribution in [3.8, 4) is 0 Å². The van der Waals surface area contributed by atoms with Crippen molar-refractivity contribution in [3.05, 3.63) is 66.5 Å². The molecule has 2 saturated heterocycles. The third-order valence-corrected chi connectivity index (χ3v) is 6.15. The van der Waals surface area contributed by atoms with Crippen LogP contribution in [0.15, 0.2) is 60.9 Å². The van der Waals surface area contributed by atoms with E-state index in [9.17, 15) is 9.59 Å². The van der Waals surface area contributed by atoms with Crippen molar-refractivity contribution in [2.24, 2.45) is 0 Å².